The molecule has 3 heteroatoms. The van der Waals surface area contributed by atoms with Crippen LogP contribution in [0, 0.1) is 0 Å². The number of nitrogen functional groups attached to an aromatic ring is 1. The van der Waals surface area contributed by atoms with Crippen molar-refractivity contribution in [2.45, 2.75) is 0 Å². The molecule has 0 aliphatic heterocycles. The number of nitrogens with one attached hydrogen (secondary N) is 1. The summed E-state index contributed by atoms with van der Waals surface area (Å²) in [5.41, 5.74) is 7.91. The van der Waals surface area contributed by atoms with Crippen LogP contribution < -0.4 is 5.73 Å². The predicted molar refractivity (Wildman–Crippen MR) is 67.9 cm³/mol. The summed E-state index contributed by atoms with van der Waals surface area (Å²) < 4.78 is 1.07. The maximum Gasteiger partial charge on any atom is 0.0554 e. The lowest BCUT2D eigenvalue weighted by molar-refractivity contribution is 1.49. The van der Waals surface area contributed by atoms with Gasteiger partial charge in [-0.3, -0.25) is 0 Å². The quantitative estimate of drug-likeness (QED) is 0.596. The van der Waals surface area contributed by atoms with Crippen molar-refractivity contribution in [1.82, 2.24) is 4.98 Å². The normalized spacial score (nSPS) is 11.3. The number of rotatable bonds is 0. The molecule has 0 spiro atoms. The van der Waals surface area contributed by atoms with Gasteiger partial charge in [0.2, 0.25) is 0 Å². The third-order valence-corrected chi connectivity index (χ3v) is 3.37. The molecule has 2 aromatic carbocycles. The average Bonchev–Trinajstić information content (AvgIpc) is 2.69. The topological polar surface area (TPSA) is 41.8 Å². The van der Waals surface area contributed by atoms with Crippen molar-refractivity contribution >= 4 is 43.3 Å². The van der Waals surface area contributed by atoms with E-state index in [-0.39, 0.29) is 0 Å². The van der Waals surface area contributed by atoms with Crippen molar-refractivity contribution in [3.63, 3.8) is 0 Å². The van der Waals surface area contributed by atoms with Crippen LogP contribution in [0.5, 0.6) is 0 Å². The number of nitrogens with two attached hydrogens (primary N) is 1. The Kier molecular flexibility index (Phi) is 1.76. The molecule has 0 unspecified atom stereocenters. The van der Waals surface area contributed by atoms with E-state index in [1.54, 1.807) is 0 Å². The van der Waals surface area contributed by atoms with E-state index < -0.39 is 0 Å². The first-order valence-corrected chi connectivity index (χ1v) is 5.50. The van der Waals surface area contributed by atoms with Crippen molar-refractivity contribution in [3.8, 4) is 0 Å². The molecular weight excluding hydrogens is 252 g/mol. The summed E-state index contributed by atoms with van der Waals surface area (Å²) in [5, 5.41) is 3.42. The second-order valence-corrected chi connectivity index (χ2v) is 4.42. The maximum atomic E-state index is 5.99. The molecule has 0 fully saturated rings. The van der Waals surface area contributed by atoms with Crippen LogP contribution in [0.15, 0.2) is 41.0 Å². The highest BCUT2D eigenvalue weighted by Crippen LogP contribution is 2.33. The fourth-order valence-corrected chi connectivity index (χ4v) is 2.45. The molecule has 74 valence electrons. The van der Waals surface area contributed by atoms with Crippen molar-refractivity contribution in [2.75, 3.05) is 5.73 Å². The maximum absolute atomic E-state index is 5.99. The lowest BCUT2D eigenvalue weighted by Gasteiger charge is -2.04. The van der Waals surface area contributed by atoms with E-state index in [0.29, 0.717) is 0 Å². The summed E-state index contributed by atoms with van der Waals surface area (Å²) in [5.74, 6) is 0. The summed E-state index contributed by atoms with van der Waals surface area (Å²) in [6, 6.07) is 10.2. The number of benzene rings is 2. The smallest absolute Gasteiger partial charge is 0.0554 e. The molecule has 3 N–H and O–H groups in total. The van der Waals surface area contributed by atoms with Gasteiger partial charge in [0.05, 0.1) is 5.52 Å². The van der Waals surface area contributed by atoms with Gasteiger partial charge in [-0.25, -0.2) is 0 Å². The van der Waals surface area contributed by atoms with Gasteiger partial charge in [-0.15, -0.1) is 0 Å². The van der Waals surface area contributed by atoms with Gasteiger partial charge < -0.3 is 10.7 Å². The largest absolute Gasteiger partial charge is 0.398 e. The summed E-state index contributed by atoms with van der Waals surface area (Å²) in [6.45, 7) is 0. The Labute approximate surface area is 95.2 Å². The van der Waals surface area contributed by atoms with E-state index in [4.69, 9.17) is 5.73 Å². The highest BCUT2D eigenvalue weighted by molar-refractivity contribution is 9.10. The standard InChI is InChI=1S/C12H9BrN2/c13-10-3-1-2-7-9(10)6-11(14)8-4-5-15-12(7)8/h1-6,15H,14H2. The summed E-state index contributed by atoms with van der Waals surface area (Å²) >= 11 is 3.54. The van der Waals surface area contributed by atoms with Crippen LogP contribution in [-0.2, 0) is 0 Å². The zero-order chi connectivity index (χ0) is 10.4. The van der Waals surface area contributed by atoms with Gasteiger partial charge in [0, 0.05) is 32.5 Å². The minimum atomic E-state index is 0.811. The molecule has 1 heterocycles. The third kappa shape index (κ3) is 1.16. The molecule has 0 radical (unpaired) electrons. The number of hydrogen-bond acceptors (Lipinski definition) is 1. The van der Waals surface area contributed by atoms with Crippen molar-refractivity contribution in [3.05, 3.63) is 41.0 Å². The number of fused-ring (bicyclic) bond motifs is 3. The van der Waals surface area contributed by atoms with Gasteiger partial charge in [-0.1, -0.05) is 28.1 Å². The predicted octanol–water partition coefficient (Wildman–Crippen LogP) is 3.67. The Balaban J connectivity index is 2.66. The Morgan fingerprint density at radius 2 is 1.93 bits per heavy atom. The van der Waals surface area contributed by atoms with Gasteiger partial charge in [-0.05, 0) is 18.2 Å². The molecule has 0 aliphatic rings. The second kappa shape index (κ2) is 3.00. The molecule has 0 bridgehead atoms. The lowest BCUT2D eigenvalue weighted by atomic mass is 10.1. The van der Waals surface area contributed by atoms with E-state index >= 15 is 0 Å². The molecule has 3 rings (SSSR count). The number of aromatic amines is 1. The third-order valence-electron chi connectivity index (χ3n) is 2.68. The SMILES string of the molecule is Nc1cc2c(Br)cccc2c2[nH]ccc12. The van der Waals surface area contributed by atoms with Crippen molar-refractivity contribution in [1.29, 1.82) is 0 Å². The Morgan fingerprint density at radius 3 is 2.80 bits per heavy atom. The minimum Gasteiger partial charge on any atom is -0.398 e. The van der Waals surface area contributed by atoms with E-state index in [1.165, 1.54) is 5.39 Å². The van der Waals surface area contributed by atoms with Gasteiger partial charge in [0.15, 0.2) is 0 Å². The number of anilines is 1. The van der Waals surface area contributed by atoms with Crippen LogP contribution >= 0.6 is 15.9 Å². The average molecular weight is 261 g/mol. The highest BCUT2D eigenvalue weighted by Gasteiger charge is 2.06. The van der Waals surface area contributed by atoms with Gasteiger partial charge in [-0.2, -0.15) is 0 Å². The second-order valence-electron chi connectivity index (χ2n) is 3.57. The molecule has 2 nitrogen and oxygen atoms in total. The zero-order valence-electron chi connectivity index (χ0n) is 7.92. The molecule has 3 aromatic rings. The Bertz CT molecular complexity index is 655. The molecular formula is C12H9BrN2. The first-order valence-electron chi connectivity index (χ1n) is 4.71. The van der Waals surface area contributed by atoms with Crippen LogP contribution in [0.1, 0.15) is 0 Å². The molecule has 0 saturated carbocycles. The first kappa shape index (κ1) is 8.80. The van der Waals surface area contributed by atoms with Crippen LogP contribution in [0.25, 0.3) is 21.7 Å². The van der Waals surface area contributed by atoms with E-state index in [2.05, 4.69) is 27.0 Å². The summed E-state index contributed by atoms with van der Waals surface area (Å²) in [4.78, 5) is 3.23. The van der Waals surface area contributed by atoms with Crippen LogP contribution in [0.2, 0.25) is 0 Å². The number of hydrogen-bond donors (Lipinski definition) is 2. The van der Waals surface area contributed by atoms with Gasteiger partial charge in [0.25, 0.3) is 0 Å². The molecule has 15 heavy (non-hydrogen) atoms. The lowest BCUT2D eigenvalue weighted by Crippen LogP contribution is -1.87. The van der Waals surface area contributed by atoms with E-state index in [1.807, 2.05) is 30.5 Å². The zero-order valence-corrected chi connectivity index (χ0v) is 9.51. The Hall–Kier alpha value is -1.48. The minimum absolute atomic E-state index is 0.811. The van der Waals surface area contributed by atoms with E-state index in [9.17, 15) is 0 Å². The fourth-order valence-electron chi connectivity index (χ4n) is 1.97. The van der Waals surface area contributed by atoms with Crippen LogP contribution in [-0.4, -0.2) is 4.98 Å². The summed E-state index contributed by atoms with van der Waals surface area (Å²) in [7, 11) is 0. The van der Waals surface area contributed by atoms with Gasteiger partial charge in [0.1, 0.15) is 0 Å². The van der Waals surface area contributed by atoms with Crippen LogP contribution in [0.4, 0.5) is 5.69 Å². The van der Waals surface area contributed by atoms with Crippen molar-refractivity contribution in [2.24, 2.45) is 0 Å². The monoisotopic (exact) mass is 260 g/mol. The molecule has 1 aromatic heterocycles. The van der Waals surface area contributed by atoms with Gasteiger partial charge >= 0.3 is 0 Å². The fraction of sp³-hybridized carbons (Fsp3) is 0. The molecule has 0 aliphatic carbocycles. The number of H-pyrrole nitrogens is 1. The van der Waals surface area contributed by atoms with E-state index in [0.717, 1.165) is 26.4 Å². The van der Waals surface area contributed by atoms with Crippen molar-refractivity contribution < 1.29 is 0 Å². The number of halogens is 1. The number of aromatic nitrogens is 1. The Morgan fingerprint density at radius 1 is 1.07 bits per heavy atom. The first-order chi connectivity index (χ1) is 7.27. The molecule has 0 amide bonds. The molecule has 0 saturated heterocycles. The van der Waals surface area contributed by atoms with Crippen LogP contribution in [0.3, 0.4) is 0 Å². The summed E-state index contributed by atoms with van der Waals surface area (Å²) in [6.07, 6.45) is 1.92. The highest BCUT2D eigenvalue weighted by atomic mass is 79.9. The molecule has 0 atom stereocenters.